The molecule has 2 aromatic rings. The third kappa shape index (κ3) is 3.79. The Labute approximate surface area is 147 Å². The Morgan fingerprint density at radius 3 is 2.88 bits per heavy atom. The van der Waals surface area contributed by atoms with Gasteiger partial charge in [-0.1, -0.05) is 12.1 Å². The van der Waals surface area contributed by atoms with E-state index in [1.807, 2.05) is 32.9 Å². The Morgan fingerprint density at radius 2 is 2.16 bits per heavy atom. The van der Waals surface area contributed by atoms with Gasteiger partial charge in [0, 0.05) is 18.0 Å². The first-order chi connectivity index (χ1) is 12.0. The molecule has 2 heterocycles. The molecule has 0 radical (unpaired) electrons. The molecule has 1 aromatic heterocycles. The average Bonchev–Trinajstić information content (AvgIpc) is 3.21. The number of aliphatic hydroxyl groups excluding tert-OH is 1. The van der Waals surface area contributed by atoms with Crippen LogP contribution in [0.3, 0.4) is 0 Å². The predicted octanol–water partition coefficient (Wildman–Crippen LogP) is 3.14. The highest BCUT2D eigenvalue weighted by Crippen LogP contribution is 2.36. The molecule has 0 saturated heterocycles. The quantitative estimate of drug-likeness (QED) is 0.778. The summed E-state index contributed by atoms with van der Waals surface area (Å²) in [6, 6.07) is 6.83. The first kappa shape index (κ1) is 17.4. The van der Waals surface area contributed by atoms with Crippen LogP contribution < -0.4 is 15.4 Å². The molecule has 1 aromatic carbocycles. The van der Waals surface area contributed by atoms with Gasteiger partial charge >= 0.3 is 6.03 Å². The molecule has 6 heteroatoms. The van der Waals surface area contributed by atoms with Gasteiger partial charge < -0.3 is 24.9 Å². The van der Waals surface area contributed by atoms with Crippen LogP contribution in [0.1, 0.15) is 47.9 Å². The summed E-state index contributed by atoms with van der Waals surface area (Å²) in [5.74, 6) is 1.37. The van der Waals surface area contributed by atoms with Crippen molar-refractivity contribution in [3.05, 3.63) is 53.0 Å². The Morgan fingerprint density at radius 1 is 1.36 bits per heavy atom. The van der Waals surface area contributed by atoms with Crippen LogP contribution in [0.15, 0.2) is 34.9 Å². The summed E-state index contributed by atoms with van der Waals surface area (Å²) in [5.41, 5.74) is 3.28. The maximum absolute atomic E-state index is 12.3. The van der Waals surface area contributed by atoms with Gasteiger partial charge in [-0.25, -0.2) is 4.79 Å². The van der Waals surface area contributed by atoms with E-state index in [9.17, 15) is 9.90 Å². The molecule has 1 aliphatic rings. The number of nitrogens with one attached hydrogen (secondary N) is 2. The monoisotopic (exact) mass is 344 g/mol. The van der Waals surface area contributed by atoms with E-state index < -0.39 is 6.10 Å². The molecule has 0 fully saturated rings. The number of fused-ring (bicyclic) bond motifs is 1. The number of hydrogen-bond donors (Lipinski definition) is 3. The number of aryl methyl sites for hydroxylation is 1. The summed E-state index contributed by atoms with van der Waals surface area (Å²) in [4.78, 5) is 12.3. The van der Waals surface area contributed by atoms with Crippen LogP contribution in [-0.2, 0) is 0 Å². The Bertz CT molecular complexity index is 742. The smallest absolute Gasteiger partial charge is 0.315 e. The molecular formula is C19H24N2O4. The summed E-state index contributed by atoms with van der Waals surface area (Å²) in [6.45, 7) is 6.34. The van der Waals surface area contributed by atoms with Gasteiger partial charge in [0.2, 0.25) is 0 Å². The van der Waals surface area contributed by atoms with E-state index in [1.165, 1.54) is 11.8 Å². The van der Waals surface area contributed by atoms with Crippen molar-refractivity contribution in [3.63, 3.8) is 0 Å². The van der Waals surface area contributed by atoms with Crippen molar-refractivity contribution in [3.8, 4) is 5.75 Å². The lowest BCUT2D eigenvalue weighted by Crippen LogP contribution is -2.43. The molecule has 0 saturated carbocycles. The van der Waals surface area contributed by atoms with Gasteiger partial charge in [-0.2, -0.15) is 0 Å². The van der Waals surface area contributed by atoms with Crippen LogP contribution in [-0.4, -0.2) is 23.8 Å². The first-order valence-corrected chi connectivity index (χ1v) is 8.47. The van der Waals surface area contributed by atoms with E-state index in [-0.39, 0.29) is 18.1 Å². The molecule has 0 bridgehead atoms. The zero-order valence-corrected chi connectivity index (χ0v) is 14.7. The second-order valence-electron chi connectivity index (χ2n) is 6.58. The fourth-order valence-corrected chi connectivity index (χ4v) is 3.07. The van der Waals surface area contributed by atoms with Crippen molar-refractivity contribution < 1.29 is 19.1 Å². The molecule has 6 nitrogen and oxygen atoms in total. The highest BCUT2D eigenvalue weighted by Gasteiger charge is 2.28. The highest BCUT2D eigenvalue weighted by molar-refractivity contribution is 5.75. The average molecular weight is 344 g/mol. The van der Waals surface area contributed by atoms with E-state index in [4.69, 9.17) is 9.15 Å². The summed E-state index contributed by atoms with van der Waals surface area (Å²) in [5, 5.41) is 15.9. The fraction of sp³-hybridized carbons (Fsp3) is 0.421. The van der Waals surface area contributed by atoms with E-state index in [2.05, 4.69) is 10.6 Å². The van der Waals surface area contributed by atoms with Gasteiger partial charge in [-0.3, -0.25) is 0 Å². The van der Waals surface area contributed by atoms with Gasteiger partial charge in [0.1, 0.15) is 24.2 Å². The second kappa shape index (κ2) is 7.19. The van der Waals surface area contributed by atoms with Gasteiger partial charge in [0.25, 0.3) is 0 Å². The fourth-order valence-electron chi connectivity index (χ4n) is 3.07. The van der Waals surface area contributed by atoms with Crippen molar-refractivity contribution in [1.29, 1.82) is 0 Å². The van der Waals surface area contributed by atoms with Gasteiger partial charge in [-0.05, 0) is 44.0 Å². The molecule has 25 heavy (non-hydrogen) atoms. The minimum atomic E-state index is -0.744. The minimum Gasteiger partial charge on any atom is -0.490 e. The zero-order chi connectivity index (χ0) is 18.0. The predicted molar refractivity (Wildman–Crippen MR) is 93.6 cm³/mol. The molecule has 134 valence electrons. The van der Waals surface area contributed by atoms with Crippen molar-refractivity contribution in [2.45, 2.75) is 45.4 Å². The van der Waals surface area contributed by atoms with Gasteiger partial charge in [0.05, 0.1) is 12.3 Å². The van der Waals surface area contributed by atoms with Crippen molar-refractivity contribution in [1.82, 2.24) is 10.6 Å². The number of aliphatic hydroxyl groups is 1. The second-order valence-corrected chi connectivity index (χ2v) is 6.58. The van der Waals surface area contributed by atoms with Crippen LogP contribution in [0.2, 0.25) is 0 Å². The van der Waals surface area contributed by atoms with Gasteiger partial charge in [-0.15, -0.1) is 0 Å². The summed E-state index contributed by atoms with van der Waals surface area (Å²) >= 11 is 0. The number of benzene rings is 1. The molecule has 0 spiro atoms. The van der Waals surface area contributed by atoms with E-state index in [1.54, 1.807) is 12.1 Å². The summed E-state index contributed by atoms with van der Waals surface area (Å²) in [7, 11) is 0. The summed E-state index contributed by atoms with van der Waals surface area (Å²) < 4.78 is 10.9. The van der Waals surface area contributed by atoms with Crippen LogP contribution in [0, 0.1) is 13.8 Å². The van der Waals surface area contributed by atoms with Crippen LogP contribution >= 0.6 is 0 Å². The number of furan rings is 1. The molecule has 0 aliphatic carbocycles. The third-order valence-corrected chi connectivity index (χ3v) is 4.61. The van der Waals surface area contributed by atoms with Gasteiger partial charge in [0.15, 0.2) is 0 Å². The number of rotatable bonds is 5. The molecule has 3 N–H and O–H groups in total. The molecular weight excluding hydrogens is 320 g/mol. The molecule has 2 amide bonds. The third-order valence-electron chi connectivity index (χ3n) is 4.61. The van der Waals surface area contributed by atoms with Crippen molar-refractivity contribution in [2.75, 3.05) is 6.61 Å². The number of amides is 2. The summed E-state index contributed by atoms with van der Waals surface area (Å²) in [6.07, 6.45) is 1.15. The first-order valence-electron chi connectivity index (χ1n) is 8.47. The van der Waals surface area contributed by atoms with Crippen LogP contribution in [0.4, 0.5) is 4.79 Å². The number of carbonyl (C=O) groups excluding carboxylic acids is 1. The lowest BCUT2D eigenvalue weighted by molar-refractivity contribution is 0.129. The zero-order valence-electron chi connectivity index (χ0n) is 14.7. The molecule has 3 rings (SSSR count). The lowest BCUT2D eigenvalue weighted by Gasteiger charge is -2.19. The molecule has 1 aliphatic heterocycles. The van der Waals surface area contributed by atoms with E-state index in [0.29, 0.717) is 18.8 Å². The number of ether oxygens (including phenoxy) is 1. The van der Waals surface area contributed by atoms with Crippen molar-refractivity contribution in [2.24, 2.45) is 0 Å². The molecule has 0 unspecified atom stereocenters. The maximum atomic E-state index is 12.3. The number of carbonyl (C=O) groups is 1. The topological polar surface area (TPSA) is 83.7 Å². The minimum absolute atomic E-state index is 0.170. The van der Waals surface area contributed by atoms with E-state index in [0.717, 1.165) is 16.9 Å². The maximum Gasteiger partial charge on any atom is 0.315 e. The SMILES string of the molecule is Cc1ccc2c(c1C)OC[C@@H]2NC(=O)N[C@@H](C)C[C@H](O)c1ccco1. The highest BCUT2D eigenvalue weighted by atomic mass is 16.5. The van der Waals surface area contributed by atoms with Crippen molar-refractivity contribution >= 4 is 6.03 Å². The molecule has 3 atom stereocenters. The Hall–Kier alpha value is -2.47. The van der Waals surface area contributed by atoms with Crippen LogP contribution in [0.25, 0.3) is 0 Å². The lowest BCUT2D eigenvalue weighted by atomic mass is 10.0. The largest absolute Gasteiger partial charge is 0.490 e. The van der Waals surface area contributed by atoms with Crippen LogP contribution in [0.5, 0.6) is 5.75 Å². The Balaban J connectivity index is 1.55. The van der Waals surface area contributed by atoms with E-state index >= 15 is 0 Å². The Kier molecular flexibility index (Phi) is 4.99. The standard InChI is InChI=1S/C19H24N2O4/c1-11-6-7-14-15(10-25-18(14)13(11)3)21-19(23)20-12(2)9-16(22)17-5-4-8-24-17/h4-8,12,15-16,22H,9-10H2,1-3H3,(H2,20,21,23)/t12-,15-,16-/m0/s1. The normalized spacial score (nSPS) is 18.2. The number of hydrogen-bond acceptors (Lipinski definition) is 4. The number of urea groups is 1.